The molecule has 2 aromatic heterocycles. The van der Waals surface area contributed by atoms with E-state index in [1.165, 1.54) is 0 Å². The Morgan fingerprint density at radius 3 is 2.80 bits per heavy atom. The third-order valence-electron chi connectivity index (χ3n) is 4.59. The Bertz CT molecular complexity index is 937. The summed E-state index contributed by atoms with van der Waals surface area (Å²) in [7, 11) is 2.09. The Balaban J connectivity index is 1.49. The number of carbonyl (C=O) groups excluding carboxylic acids is 1. The monoisotopic (exact) mass is 335 g/mol. The van der Waals surface area contributed by atoms with Crippen LogP contribution < -0.4 is 5.43 Å². The summed E-state index contributed by atoms with van der Waals surface area (Å²) < 4.78 is 0. The standard InChI is InChI=1S/C19H21N5O/c1-23-8-10-24(11-9-23)22-19(25)7-6-14-12-16-15-4-2-3-5-17(15)21-18(16)13-20-14/h2-7,12-13,21H,8-11H2,1H3,(H,22,25)/b7-6+. The fraction of sp³-hybridized carbons (Fsp3) is 0.263. The summed E-state index contributed by atoms with van der Waals surface area (Å²) in [6.45, 7) is 3.61. The highest BCUT2D eigenvalue weighted by Gasteiger charge is 2.14. The molecule has 1 amide bonds. The summed E-state index contributed by atoms with van der Waals surface area (Å²) >= 11 is 0. The highest BCUT2D eigenvalue weighted by Crippen LogP contribution is 2.25. The number of para-hydroxylation sites is 1. The minimum atomic E-state index is -0.120. The normalized spacial score (nSPS) is 16.8. The van der Waals surface area contributed by atoms with Crippen molar-refractivity contribution in [2.24, 2.45) is 0 Å². The predicted molar refractivity (Wildman–Crippen MR) is 99.8 cm³/mol. The molecule has 4 rings (SSSR count). The van der Waals surface area contributed by atoms with Crippen molar-refractivity contribution in [3.63, 3.8) is 0 Å². The number of H-pyrrole nitrogens is 1. The Kier molecular flexibility index (Phi) is 4.21. The van der Waals surface area contributed by atoms with Gasteiger partial charge in [0.15, 0.2) is 0 Å². The molecule has 1 aliphatic rings. The van der Waals surface area contributed by atoms with Crippen LogP contribution in [0, 0.1) is 0 Å². The molecule has 1 fully saturated rings. The Hall–Kier alpha value is -2.70. The number of hydrogen-bond donors (Lipinski definition) is 2. The van der Waals surface area contributed by atoms with E-state index in [1.807, 2.05) is 35.5 Å². The number of likely N-dealkylation sites (N-methyl/N-ethyl adjacent to an activating group) is 1. The number of aromatic nitrogens is 2. The zero-order valence-corrected chi connectivity index (χ0v) is 14.2. The number of rotatable bonds is 3. The van der Waals surface area contributed by atoms with Gasteiger partial charge in [0, 0.05) is 48.5 Å². The molecule has 3 aromatic rings. The highest BCUT2D eigenvalue weighted by molar-refractivity contribution is 6.07. The fourth-order valence-electron chi connectivity index (χ4n) is 3.13. The van der Waals surface area contributed by atoms with E-state index in [4.69, 9.17) is 0 Å². The van der Waals surface area contributed by atoms with E-state index in [0.29, 0.717) is 0 Å². The van der Waals surface area contributed by atoms with Crippen molar-refractivity contribution in [2.45, 2.75) is 0 Å². The average Bonchev–Trinajstić information content (AvgIpc) is 3.00. The minimum Gasteiger partial charge on any atom is -0.353 e. The molecule has 1 aromatic carbocycles. The van der Waals surface area contributed by atoms with Gasteiger partial charge in [-0.1, -0.05) is 18.2 Å². The number of benzene rings is 1. The van der Waals surface area contributed by atoms with Gasteiger partial charge in [0.1, 0.15) is 0 Å². The summed E-state index contributed by atoms with van der Waals surface area (Å²) in [5.41, 5.74) is 5.78. The summed E-state index contributed by atoms with van der Waals surface area (Å²) in [6, 6.07) is 10.2. The number of carbonyl (C=O) groups is 1. The van der Waals surface area contributed by atoms with Crippen molar-refractivity contribution < 1.29 is 4.79 Å². The SMILES string of the molecule is CN1CCN(NC(=O)/C=C/c2cc3c(cn2)[nH]c2ccccc23)CC1. The molecule has 1 saturated heterocycles. The van der Waals surface area contributed by atoms with Gasteiger partial charge in [-0.3, -0.25) is 15.2 Å². The van der Waals surface area contributed by atoms with E-state index in [2.05, 4.69) is 33.4 Å². The lowest BCUT2D eigenvalue weighted by Crippen LogP contribution is -2.52. The number of aromatic amines is 1. The minimum absolute atomic E-state index is 0.120. The first-order valence-electron chi connectivity index (χ1n) is 8.48. The number of nitrogens with one attached hydrogen (secondary N) is 2. The van der Waals surface area contributed by atoms with Gasteiger partial charge < -0.3 is 9.88 Å². The zero-order valence-electron chi connectivity index (χ0n) is 14.2. The van der Waals surface area contributed by atoms with Crippen LogP contribution in [0.1, 0.15) is 5.69 Å². The maximum Gasteiger partial charge on any atom is 0.258 e. The van der Waals surface area contributed by atoms with Crippen molar-refractivity contribution in [1.82, 2.24) is 25.3 Å². The van der Waals surface area contributed by atoms with E-state index >= 15 is 0 Å². The molecule has 2 N–H and O–H groups in total. The van der Waals surface area contributed by atoms with Crippen molar-refractivity contribution in [3.05, 3.63) is 48.3 Å². The van der Waals surface area contributed by atoms with Crippen LogP contribution in [0.25, 0.3) is 27.9 Å². The summed E-state index contributed by atoms with van der Waals surface area (Å²) in [5, 5.41) is 4.24. The number of fused-ring (bicyclic) bond motifs is 3. The van der Waals surface area contributed by atoms with Crippen LogP contribution in [0.5, 0.6) is 0 Å². The average molecular weight is 335 g/mol. The van der Waals surface area contributed by atoms with Gasteiger partial charge >= 0.3 is 0 Å². The molecule has 6 heteroatoms. The molecular formula is C19H21N5O. The van der Waals surface area contributed by atoms with Gasteiger partial charge in [0.05, 0.1) is 17.4 Å². The van der Waals surface area contributed by atoms with Crippen LogP contribution in [0.3, 0.4) is 0 Å². The molecule has 0 atom stereocenters. The quantitative estimate of drug-likeness (QED) is 0.719. The second-order valence-corrected chi connectivity index (χ2v) is 6.43. The van der Waals surface area contributed by atoms with Crippen molar-refractivity contribution in [1.29, 1.82) is 0 Å². The van der Waals surface area contributed by atoms with Gasteiger partial charge in [0.25, 0.3) is 5.91 Å². The number of amides is 1. The van der Waals surface area contributed by atoms with Gasteiger partial charge in [-0.2, -0.15) is 0 Å². The van der Waals surface area contributed by atoms with E-state index in [-0.39, 0.29) is 5.91 Å². The number of hydrazine groups is 1. The van der Waals surface area contributed by atoms with Crippen LogP contribution in [0.2, 0.25) is 0 Å². The van der Waals surface area contributed by atoms with Crippen molar-refractivity contribution in [3.8, 4) is 0 Å². The molecule has 0 bridgehead atoms. The van der Waals surface area contributed by atoms with Crippen LogP contribution in [0.4, 0.5) is 0 Å². The number of nitrogens with zero attached hydrogens (tertiary/aromatic N) is 3. The van der Waals surface area contributed by atoms with Gasteiger partial charge in [-0.15, -0.1) is 0 Å². The van der Waals surface area contributed by atoms with E-state index < -0.39 is 0 Å². The molecule has 1 aliphatic heterocycles. The Morgan fingerprint density at radius 2 is 1.96 bits per heavy atom. The maximum absolute atomic E-state index is 12.1. The Morgan fingerprint density at radius 1 is 1.16 bits per heavy atom. The van der Waals surface area contributed by atoms with Gasteiger partial charge in [-0.05, 0) is 25.3 Å². The molecule has 25 heavy (non-hydrogen) atoms. The molecule has 0 saturated carbocycles. The third kappa shape index (κ3) is 3.40. The molecule has 128 valence electrons. The predicted octanol–water partition coefficient (Wildman–Crippen LogP) is 2.01. The largest absolute Gasteiger partial charge is 0.353 e. The molecule has 0 radical (unpaired) electrons. The van der Waals surface area contributed by atoms with E-state index in [9.17, 15) is 4.79 Å². The van der Waals surface area contributed by atoms with Gasteiger partial charge in [0.2, 0.25) is 0 Å². The van der Waals surface area contributed by atoms with Crippen LogP contribution in [-0.4, -0.2) is 59.0 Å². The number of hydrogen-bond acceptors (Lipinski definition) is 4. The topological polar surface area (TPSA) is 64.3 Å². The van der Waals surface area contributed by atoms with E-state index in [1.54, 1.807) is 12.2 Å². The zero-order chi connectivity index (χ0) is 17.2. The second-order valence-electron chi connectivity index (χ2n) is 6.43. The number of piperazine rings is 1. The first-order valence-corrected chi connectivity index (χ1v) is 8.48. The molecular weight excluding hydrogens is 314 g/mol. The summed E-state index contributed by atoms with van der Waals surface area (Å²) in [5.74, 6) is -0.120. The van der Waals surface area contributed by atoms with E-state index in [0.717, 1.165) is 53.7 Å². The molecule has 0 unspecified atom stereocenters. The Labute approximate surface area is 146 Å². The number of pyridine rings is 1. The van der Waals surface area contributed by atoms with Crippen molar-refractivity contribution >= 4 is 33.8 Å². The smallest absolute Gasteiger partial charge is 0.258 e. The molecule has 6 nitrogen and oxygen atoms in total. The second kappa shape index (κ2) is 6.66. The molecule has 0 spiro atoms. The first-order chi connectivity index (χ1) is 12.2. The highest BCUT2D eigenvalue weighted by atomic mass is 16.2. The fourth-order valence-corrected chi connectivity index (χ4v) is 3.13. The van der Waals surface area contributed by atoms with Gasteiger partial charge in [-0.25, -0.2) is 5.01 Å². The third-order valence-corrected chi connectivity index (χ3v) is 4.59. The van der Waals surface area contributed by atoms with Crippen LogP contribution in [0.15, 0.2) is 42.6 Å². The lowest BCUT2D eigenvalue weighted by molar-refractivity contribution is -0.121. The maximum atomic E-state index is 12.1. The lowest BCUT2D eigenvalue weighted by atomic mass is 10.1. The van der Waals surface area contributed by atoms with Crippen LogP contribution >= 0.6 is 0 Å². The van der Waals surface area contributed by atoms with Crippen molar-refractivity contribution in [2.75, 3.05) is 33.2 Å². The molecule has 0 aliphatic carbocycles. The van der Waals surface area contributed by atoms with Crippen LogP contribution in [-0.2, 0) is 4.79 Å². The molecule has 3 heterocycles. The summed E-state index contributed by atoms with van der Waals surface area (Å²) in [4.78, 5) is 22.1. The summed E-state index contributed by atoms with van der Waals surface area (Å²) in [6.07, 6.45) is 5.11. The lowest BCUT2D eigenvalue weighted by Gasteiger charge is -2.31. The first kappa shape index (κ1) is 15.8.